The van der Waals surface area contributed by atoms with Crippen LogP contribution in [-0.2, 0) is 28.5 Å². The molecule has 0 unspecified atom stereocenters. The number of aryl methyl sites for hydroxylation is 1. The summed E-state index contributed by atoms with van der Waals surface area (Å²) in [4.78, 5) is 32.6. The lowest BCUT2D eigenvalue weighted by Crippen LogP contribution is -2.46. The summed E-state index contributed by atoms with van der Waals surface area (Å²) in [7, 11) is 1.33. The summed E-state index contributed by atoms with van der Waals surface area (Å²) in [5, 5.41) is 2.63. The number of halogens is 8. The number of anilines is 2. The van der Waals surface area contributed by atoms with Gasteiger partial charge in [0, 0.05) is 45.4 Å². The minimum atomic E-state index is -5.01. The molecular formula is C30H30ClF7N4O2. The highest BCUT2D eigenvalue weighted by Gasteiger charge is 2.39. The Morgan fingerprint density at radius 2 is 1.64 bits per heavy atom. The van der Waals surface area contributed by atoms with Crippen molar-refractivity contribution in [3.8, 4) is 0 Å². The molecule has 2 aromatic carbocycles. The fourth-order valence-corrected chi connectivity index (χ4v) is 5.42. The molecule has 2 heterocycles. The molecule has 1 aromatic heterocycles. The van der Waals surface area contributed by atoms with Gasteiger partial charge >= 0.3 is 12.4 Å². The van der Waals surface area contributed by atoms with Crippen molar-refractivity contribution in [1.82, 2.24) is 9.88 Å². The van der Waals surface area contributed by atoms with E-state index in [9.17, 15) is 40.3 Å². The van der Waals surface area contributed by atoms with E-state index in [4.69, 9.17) is 0 Å². The van der Waals surface area contributed by atoms with Crippen molar-refractivity contribution >= 4 is 35.7 Å². The minimum absolute atomic E-state index is 0. The Morgan fingerprint density at radius 3 is 2.16 bits per heavy atom. The number of pyridine rings is 1. The smallest absolute Gasteiger partial charge is 0.356 e. The van der Waals surface area contributed by atoms with Gasteiger partial charge in [-0.05, 0) is 72.5 Å². The predicted octanol–water partition coefficient (Wildman–Crippen LogP) is 7.22. The van der Waals surface area contributed by atoms with E-state index in [1.807, 2.05) is 4.90 Å². The van der Waals surface area contributed by atoms with Crippen molar-refractivity contribution in [2.75, 3.05) is 30.4 Å². The molecule has 0 spiro atoms. The van der Waals surface area contributed by atoms with Crippen LogP contribution in [0.15, 0.2) is 54.7 Å². The normalized spacial score (nSPS) is 17.1. The van der Waals surface area contributed by atoms with E-state index >= 15 is 0 Å². The maximum absolute atomic E-state index is 14.0. The molecule has 0 radical (unpaired) electrons. The van der Waals surface area contributed by atoms with Crippen molar-refractivity contribution in [3.05, 3.63) is 88.4 Å². The second-order valence-corrected chi connectivity index (χ2v) is 10.6. The van der Waals surface area contributed by atoms with E-state index in [1.165, 1.54) is 32.3 Å². The molecule has 44 heavy (non-hydrogen) atoms. The number of piperidine rings is 1. The summed E-state index contributed by atoms with van der Waals surface area (Å²) in [6, 6.07) is 8.84. The quantitative estimate of drug-likeness (QED) is 0.288. The van der Waals surface area contributed by atoms with Gasteiger partial charge in [-0.3, -0.25) is 9.59 Å². The first-order valence-electron chi connectivity index (χ1n) is 13.3. The van der Waals surface area contributed by atoms with Crippen LogP contribution < -0.4 is 10.2 Å². The first kappa shape index (κ1) is 34.6. The summed E-state index contributed by atoms with van der Waals surface area (Å²) >= 11 is 0. The Balaban J connectivity index is 0.00000529. The number of hydrogen-bond acceptors (Lipinski definition) is 4. The molecule has 1 fully saturated rings. The maximum atomic E-state index is 14.0. The van der Waals surface area contributed by atoms with Gasteiger partial charge in [-0.25, -0.2) is 9.37 Å². The summed E-state index contributed by atoms with van der Waals surface area (Å²) in [6.07, 6.45) is -8.24. The third-order valence-corrected chi connectivity index (χ3v) is 7.40. The van der Waals surface area contributed by atoms with Gasteiger partial charge in [0.2, 0.25) is 11.8 Å². The molecule has 0 aliphatic carbocycles. The van der Waals surface area contributed by atoms with E-state index in [1.54, 1.807) is 25.1 Å². The monoisotopic (exact) mass is 646 g/mol. The van der Waals surface area contributed by atoms with E-state index < -0.39 is 53.6 Å². The van der Waals surface area contributed by atoms with Gasteiger partial charge in [-0.2, -0.15) is 26.3 Å². The number of nitrogens with zero attached hydrogens (tertiary/aromatic N) is 3. The van der Waals surface area contributed by atoms with Crippen molar-refractivity contribution in [3.63, 3.8) is 0 Å². The van der Waals surface area contributed by atoms with Crippen LogP contribution >= 0.6 is 12.4 Å². The summed E-state index contributed by atoms with van der Waals surface area (Å²) < 4.78 is 94.2. The molecular weight excluding hydrogens is 617 g/mol. The van der Waals surface area contributed by atoms with Gasteiger partial charge in [-0.15, -0.1) is 12.4 Å². The topological polar surface area (TPSA) is 65.5 Å². The molecule has 1 aliphatic heterocycles. The third kappa shape index (κ3) is 8.19. The summed E-state index contributed by atoms with van der Waals surface area (Å²) in [5.41, 5.74) is -1.45. The van der Waals surface area contributed by atoms with Gasteiger partial charge in [0.1, 0.15) is 11.6 Å². The van der Waals surface area contributed by atoms with Gasteiger partial charge in [0.15, 0.2) is 0 Å². The fourth-order valence-electron chi connectivity index (χ4n) is 5.42. The van der Waals surface area contributed by atoms with Crippen molar-refractivity contribution in [1.29, 1.82) is 0 Å². The van der Waals surface area contributed by atoms with Crippen LogP contribution in [0, 0.1) is 18.7 Å². The summed E-state index contributed by atoms with van der Waals surface area (Å²) in [5.74, 6) is -1.81. The second kappa shape index (κ2) is 13.4. The zero-order chi connectivity index (χ0) is 31.7. The van der Waals surface area contributed by atoms with Gasteiger partial charge in [-0.1, -0.05) is 6.07 Å². The van der Waals surface area contributed by atoms with Crippen LogP contribution in [0.3, 0.4) is 0 Å². The van der Waals surface area contributed by atoms with Crippen molar-refractivity contribution < 1.29 is 40.3 Å². The van der Waals surface area contributed by atoms with Crippen LogP contribution in [0.2, 0.25) is 0 Å². The largest absolute Gasteiger partial charge is 0.416 e. The Kier molecular flexibility index (Phi) is 10.6. The van der Waals surface area contributed by atoms with Crippen LogP contribution in [-0.4, -0.2) is 41.8 Å². The zero-order valence-electron chi connectivity index (χ0n) is 23.9. The lowest BCUT2D eigenvalue weighted by Gasteiger charge is -2.40. The first-order valence-corrected chi connectivity index (χ1v) is 13.3. The lowest BCUT2D eigenvalue weighted by atomic mass is 9.78. The average molecular weight is 647 g/mol. The van der Waals surface area contributed by atoms with Gasteiger partial charge < -0.3 is 15.1 Å². The third-order valence-electron chi connectivity index (χ3n) is 7.40. The van der Waals surface area contributed by atoms with Crippen LogP contribution in [0.1, 0.15) is 47.1 Å². The average Bonchev–Trinajstić information content (AvgIpc) is 2.91. The highest BCUT2D eigenvalue weighted by molar-refractivity contribution is 5.88. The highest BCUT2D eigenvalue weighted by Crippen LogP contribution is 2.39. The Labute approximate surface area is 255 Å². The van der Waals surface area contributed by atoms with Crippen LogP contribution in [0.5, 0.6) is 0 Å². The Bertz CT molecular complexity index is 1460. The molecule has 1 N–H and O–H groups in total. The van der Waals surface area contributed by atoms with E-state index in [-0.39, 0.29) is 42.9 Å². The van der Waals surface area contributed by atoms with Gasteiger partial charge in [0.25, 0.3) is 0 Å². The number of amides is 2. The highest BCUT2D eigenvalue weighted by atomic mass is 35.5. The molecule has 6 nitrogen and oxygen atoms in total. The Morgan fingerprint density at radius 1 is 1.00 bits per heavy atom. The number of nitrogens with one attached hydrogen (secondary N) is 1. The number of alkyl halides is 6. The molecule has 1 aliphatic rings. The molecule has 3 aromatic rings. The number of rotatable bonds is 6. The van der Waals surface area contributed by atoms with Crippen molar-refractivity contribution in [2.24, 2.45) is 5.92 Å². The lowest BCUT2D eigenvalue weighted by molar-refractivity contribution is -0.143. The number of carbonyl (C=O) groups is 2. The van der Waals surface area contributed by atoms with E-state index in [2.05, 4.69) is 10.3 Å². The first-order chi connectivity index (χ1) is 20.0. The van der Waals surface area contributed by atoms with Crippen molar-refractivity contribution in [2.45, 2.75) is 45.1 Å². The zero-order valence-corrected chi connectivity index (χ0v) is 24.7. The molecule has 238 valence electrons. The number of aromatic nitrogens is 1. The SMILES string of the molecule is CC(=O)Nc1ccc(N2CC[C@@H](C(=O)N(C)Cc3cc(C(F)(F)F)cc(C(F)(F)F)c3)[C@H](c3ccc(F)cc3C)C2)nc1.Cl. The molecule has 2 amide bonds. The molecule has 2 atom stereocenters. The number of benzene rings is 2. The predicted molar refractivity (Wildman–Crippen MR) is 153 cm³/mol. The molecule has 0 bridgehead atoms. The summed E-state index contributed by atoms with van der Waals surface area (Å²) in [6.45, 7) is 3.24. The van der Waals surface area contributed by atoms with Crippen LogP contribution in [0.25, 0.3) is 0 Å². The number of hydrogen-bond donors (Lipinski definition) is 1. The van der Waals surface area contributed by atoms with E-state index in [0.29, 0.717) is 41.3 Å². The van der Waals surface area contributed by atoms with E-state index in [0.717, 1.165) is 4.90 Å². The standard InChI is InChI=1S/C30H29F7N4O2.ClH/c1-17-10-22(31)4-6-24(17)26-16-41(27-7-5-23(14-38-27)39-18(2)42)9-8-25(26)28(43)40(3)15-19-11-20(29(32,33)34)13-21(12-19)30(35,36)37;/h4-7,10-14,25-26H,8-9,15-16H2,1-3H3,(H,39,42);1H/t25-,26+;/m1./s1. The molecule has 0 saturated carbocycles. The van der Waals surface area contributed by atoms with Crippen LogP contribution in [0.4, 0.5) is 42.2 Å². The second-order valence-electron chi connectivity index (χ2n) is 10.6. The Hall–Kier alpha value is -3.87. The molecule has 14 heteroatoms. The number of carbonyl (C=O) groups excluding carboxylic acids is 2. The minimum Gasteiger partial charge on any atom is -0.356 e. The maximum Gasteiger partial charge on any atom is 0.416 e. The fraction of sp³-hybridized carbons (Fsp3) is 0.367. The van der Waals surface area contributed by atoms with Gasteiger partial charge in [0.05, 0.1) is 23.0 Å². The molecule has 4 rings (SSSR count). The molecule has 1 saturated heterocycles.